The van der Waals surface area contributed by atoms with Crippen molar-refractivity contribution in [2.24, 2.45) is 35.1 Å². The summed E-state index contributed by atoms with van der Waals surface area (Å²) in [6, 6.07) is 0. The molecule has 0 aromatic heterocycles. The Morgan fingerprint density at radius 1 is 1.10 bits per heavy atom. The number of hydrogen-bond donors (Lipinski definition) is 3. The molecule has 1 aliphatic heterocycles. The largest absolute Gasteiger partial charge is 0.369 e. The van der Waals surface area contributed by atoms with Crippen molar-refractivity contribution in [2.75, 3.05) is 6.54 Å². The van der Waals surface area contributed by atoms with E-state index in [0.717, 1.165) is 25.7 Å². The van der Waals surface area contributed by atoms with Gasteiger partial charge in [-0.15, -0.1) is 0 Å². The number of rotatable bonds is 7. The molecule has 1 saturated heterocycles. The number of primary amides is 2. The van der Waals surface area contributed by atoms with Gasteiger partial charge in [0.25, 0.3) is 0 Å². The summed E-state index contributed by atoms with van der Waals surface area (Å²) in [5.74, 6) is -1.95. The zero-order chi connectivity index (χ0) is 14.7. The summed E-state index contributed by atoms with van der Waals surface area (Å²) in [6.45, 7) is 0.678. The van der Waals surface area contributed by atoms with Crippen LogP contribution in [-0.4, -0.2) is 24.3 Å². The zero-order valence-corrected chi connectivity index (χ0v) is 11.6. The summed E-state index contributed by atoms with van der Waals surface area (Å²) >= 11 is 0. The molecule has 0 aromatic rings. The first-order chi connectivity index (χ1) is 9.49. The highest BCUT2D eigenvalue weighted by molar-refractivity contribution is 5.87. The van der Waals surface area contributed by atoms with Gasteiger partial charge < -0.3 is 16.8 Å². The van der Waals surface area contributed by atoms with Gasteiger partial charge in [-0.05, 0) is 31.6 Å². The van der Waals surface area contributed by atoms with Gasteiger partial charge in [0, 0.05) is 18.4 Å². The van der Waals surface area contributed by atoms with Crippen molar-refractivity contribution in [3.8, 4) is 0 Å². The lowest BCUT2D eigenvalue weighted by Crippen LogP contribution is -2.43. The molecule has 1 unspecified atom stereocenters. The first-order valence-corrected chi connectivity index (χ1v) is 7.35. The van der Waals surface area contributed by atoms with Gasteiger partial charge in [-0.1, -0.05) is 12.8 Å². The number of amides is 3. The summed E-state index contributed by atoms with van der Waals surface area (Å²) in [4.78, 5) is 35.2. The Balaban J connectivity index is 2.05. The number of nitrogens with one attached hydrogen (secondary N) is 1. The molecular weight excluding hydrogens is 258 g/mol. The van der Waals surface area contributed by atoms with E-state index in [1.54, 1.807) is 0 Å². The van der Waals surface area contributed by atoms with E-state index < -0.39 is 23.7 Å². The Morgan fingerprint density at radius 3 is 2.20 bits per heavy atom. The van der Waals surface area contributed by atoms with Gasteiger partial charge >= 0.3 is 0 Å². The van der Waals surface area contributed by atoms with Crippen LogP contribution in [0.2, 0.25) is 0 Å². The Hall–Kier alpha value is -1.59. The third-order valence-corrected chi connectivity index (χ3v) is 4.44. The van der Waals surface area contributed by atoms with Gasteiger partial charge in [0.2, 0.25) is 17.7 Å². The Bertz CT molecular complexity index is 406. The van der Waals surface area contributed by atoms with Crippen LogP contribution in [0.5, 0.6) is 0 Å². The summed E-state index contributed by atoms with van der Waals surface area (Å²) in [5.41, 5.74) is 10.9. The van der Waals surface area contributed by atoms with E-state index in [-0.39, 0.29) is 11.8 Å². The van der Waals surface area contributed by atoms with Gasteiger partial charge in [0.05, 0.1) is 5.92 Å². The highest BCUT2D eigenvalue weighted by Crippen LogP contribution is 2.39. The third-order valence-electron chi connectivity index (χ3n) is 4.44. The summed E-state index contributed by atoms with van der Waals surface area (Å²) in [5, 5.41) is 2.79. The second-order valence-corrected chi connectivity index (χ2v) is 6.06. The number of carbonyl (C=O) groups excluding carboxylic acids is 3. The van der Waals surface area contributed by atoms with Crippen LogP contribution in [0.4, 0.5) is 0 Å². The van der Waals surface area contributed by atoms with Crippen LogP contribution >= 0.6 is 0 Å². The minimum Gasteiger partial charge on any atom is -0.369 e. The topological polar surface area (TPSA) is 115 Å². The maximum atomic E-state index is 11.8. The molecule has 0 aromatic carbocycles. The molecule has 3 amide bonds. The predicted molar refractivity (Wildman–Crippen MR) is 73.1 cm³/mol. The van der Waals surface area contributed by atoms with Crippen LogP contribution in [0.25, 0.3) is 0 Å². The molecular formula is C14H23N3O3. The zero-order valence-electron chi connectivity index (χ0n) is 11.6. The van der Waals surface area contributed by atoms with Gasteiger partial charge in [-0.3, -0.25) is 14.4 Å². The smallest absolute Gasteiger partial charge is 0.223 e. The van der Waals surface area contributed by atoms with E-state index in [1.165, 1.54) is 0 Å². The maximum absolute atomic E-state index is 11.8. The number of nitrogens with two attached hydrogens (primary N) is 2. The standard InChI is InChI=1S/C14H23N3O3/c15-12(18)10(6-8-3-4-8)11(13(16)19)7-9-2-1-5-17-14(9)20/h8-11H,1-7H2,(H2,15,18)(H2,16,19)(H,17,20)/t9-,10?,11-/m0/s1. The minimum atomic E-state index is -0.623. The highest BCUT2D eigenvalue weighted by atomic mass is 16.2. The molecule has 2 fully saturated rings. The lowest BCUT2D eigenvalue weighted by atomic mass is 9.78. The highest BCUT2D eigenvalue weighted by Gasteiger charge is 2.38. The van der Waals surface area contributed by atoms with Crippen LogP contribution in [0.3, 0.4) is 0 Å². The predicted octanol–water partition coefficient (Wildman–Crippen LogP) is -0.0942. The normalized spacial score (nSPS) is 25.6. The van der Waals surface area contributed by atoms with Gasteiger partial charge in [0.1, 0.15) is 0 Å². The molecule has 0 radical (unpaired) electrons. The molecule has 0 bridgehead atoms. The third kappa shape index (κ3) is 3.71. The average Bonchev–Trinajstić information content (AvgIpc) is 3.19. The van der Waals surface area contributed by atoms with E-state index in [4.69, 9.17) is 11.5 Å². The van der Waals surface area contributed by atoms with E-state index in [9.17, 15) is 14.4 Å². The van der Waals surface area contributed by atoms with Crippen LogP contribution in [0.15, 0.2) is 0 Å². The number of piperidine rings is 1. The lowest BCUT2D eigenvalue weighted by Gasteiger charge is -2.28. The molecule has 1 heterocycles. The molecule has 0 spiro atoms. The second kappa shape index (κ2) is 6.24. The van der Waals surface area contributed by atoms with Crippen molar-refractivity contribution >= 4 is 17.7 Å². The fourth-order valence-corrected chi connectivity index (χ4v) is 3.04. The Morgan fingerprint density at radius 2 is 1.70 bits per heavy atom. The van der Waals surface area contributed by atoms with Crippen molar-refractivity contribution in [2.45, 2.75) is 38.5 Å². The molecule has 3 atom stereocenters. The van der Waals surface area contributed by atoms with Crippen molar-refractivity contribution in [3.05, 3.63) is 0 Å². The molecule has 2 aliphatic rings. The first kappa shape index (κ1) is 14.8. The summed E-state index contributed by atoms with van der Waals surface area (Å²) in [7, 11) is 0. The van der Waals surface area contributed by atoms with Crippen molar-refractivity contribution in [1.29, 1.82) is 0 Å². The van der Waals surface area contributed by atoms with E-state index in [0.29, 0.717) is 25.3 Å². The molecule has 6 heteroatoms. The monoisotopic (exact) mass is 281 g/mol. The van der Waals surface area contributed by atoms with Gasteiger partial charge in [-0.2, -0.15) is 0 Å². The maximum Gasteiger partial charge on any atom is 0.223 e. The van der Waals surface area contributed by atoms with Crippen molar-refractivity contribution < 1.29 is 14.4 Å². The second-order valence-electron chi connectivity index (χ2n) is 6.06. The molecule has 6 nitrogen and oxygen atoms in total. The van der Waals surface area contributed by atoms with Gasteiger partial charge in [-0.25, -0.2) is 0 Å². The summed E-state index contributed by atoms with van der Waals surface area (Å²) in [6.07, 6.45) is 4.76. The van der Waals surface area contributed by atoms with Crippen molar-refractivity contribution in [1.82, 2.24) is 5.32 Å². The lowest BCUT2D eigenvalue weighted by molar-refractivity contribution is -0.134. The van der Waals surface area contributed by atoms with Crippen LogP contribution in [0, 0.1) is 23.7 Å². The number of carbonyl (C=O) groups is 3. The fraction of sp³-hybridized carbons (Fsp3) is 0.786. The first-order valence-electron chi connectivity index (χ1n) is 7.35. The molecule has 20 heavy (non-hydrogen) atoms. The SMILES string of the molecule is NC(=O)C(CC1CC1)[C@H](C[C@@H]1CCCNC1=O)C(N)=O. The molecule has 2 rings (SSSR count). The minimum absolute atomic E-state index is 0.0443. The van der Waals surface area contributed by atoms with E-state index >= 15 is 0 Å². The Kier molecular flexibility index (Phi) is 4.62. The van der Waals surface area contributed by atoms with Crippen LogP contribution in [0.1, 0.15) is 38.5 Å². The average molecular weight is 281 g/mol. The molecule has 112 valence electrons. The fourth-order valence-electron chi connectivity index (χ4n) is 3.04. The molecule has 1 aliphatic carbocycles. The molecule has 1 saturated carbocycles. The van der Waals surface area contributed by atoms with Crippen molar-refractivity contribution in [3.63, 3.8) is 0 Å². The quantitative estimate of drug-likeness (QED) is 0.605. The van der Waals surface area contributed by atoms with E-state index in [1.807, 2.05) is 0 Å². The number of hydrogen-bond acceptors (Lipinski definition) is 3. The Labute approximate surface area is 118 Å². The van der Waals surface area contributed by atoms with Gasteiger partial charge in [0.15, 0.2) is 0 Å². The van der Waals surface area contributed by atoms with Crippen LogP contribution in [-0.2, 0) is 14.4 Å². The summed E-state index contributed by atoms with van der Waals surface area (Å²) < 4.78 is 0. The van der Waals surface area contributed by atoms with E-state index in [2.05, 4.69) is 5.32 Å². The molecule has 5 N–H and O–H groups in total. The van der Waals surface area contributed by atoms with Crippen LogP contribution < -0.4 is 16.8 Å².